The van der Waals surface area contributed by atoms with E-state index in [1.165, 1.54) is 38.5 Å². The number of hydrogen-bond acceptors (Lipinski definition) is 3. The van der Waals surface area contributed by atoms with Crippen LogP contribution >= 0.6 is 11.6 Å². The van der Waals surface area contributed by atoms with Gasteiger partial charge in [-0.3, -0.25) is 9.79 Å². The lowest BCUT2D eigenvalue weighted by atomic mass is 10.0. The second-order valence-corrected chi connectivity index (χ2v) is 9.56. The Kier molecular flexibility index (Phi) is 8.07. The van der Waals surface area contributed by atoms with Crippen molar-refractivity contribution in [3.05, 3.63) is 35.4 Å². The average Bonchev–Trinajstić information content (AvgIpc) is 3.22. The monoisotopic (exact) mass is 454 g/mol. The molecule has 0 bridgehead atoms. The molecule has 2 aliphatic rings. The molecule has 0 aromatic heterocycles. The molecule has 1 saturated heterocycles. The van der Waals surface area contributed by atoms with Crippen LogP contribution in [0.1, 0.15) is 80.1 Å². The Morgan fingerprint density at radius 2 is 1.72 bits per heavy atom. The van der Waals surface area contributed by atoms with E-state index in [0.29, 0.717) is 5.56 Å². The van der Waals surface area contributed by atoms with Crippen molar-refractivity contribution in [1.29, 1.82) is 0 Å². The summed E-state index contributed by atoms with van der Waals surface area (Å²) in [5, 5.41) is 2.15. The SMILES string of the molecule is Cc1cc2cc3c(cc2cc1OCCCCCCCCCCCl)N=C[C@@H]1CCCN1C3=O. The number of aryl methyl sites for hydroxylation is 1. The quantitative estimate of drug-likeness (QED) is 0.266. The number of ether oxygens (including phenoxy) is 1. The molecule has 1 amide bonds. The minimum absolute atomic E-state index is 0.110. The standard InChI is InChI=1S/C27H35ClN2O2/c1-20-15-21-16-24-25(29-19-23-11-10-13-30(23)27(24)31)17-22(21)18-26(20)32-14-9-7-5-3-2-4-6-8-12-28/h15-19,23H,2-14H2,1H3/t23-/m0/s1. The van der Waals surface area contributed by atoms with Crippen LogP contribution in [-0.4, -0.2) is 42.1 Å². The van der Waals surface area contributed by atoms with Gasteiger partial charge in [-0.05, 0) is 73.2 Å². The van der Waals surface area contributed by atoms with Crippen molar-refractivity contribution in [3.8, 4) is 5.75 Å². The molecule has 172 valence electrons. The Bertz CT molecular complexity index is 972. The van der Waals surface area contributed by atoms with Crippen molar-refractivity contribution < 1.29 is 9.53 Å². The number of alkyl halides is 1. The maximum absolute atomic E-state index is 13.0. The molecule has 0 N–H and O–H groups in total. The number of carbonyl (C=O) groups is 1. The van der Waals surface area contributed by atoms with E-state index in [1.54, 1.807) is 0 Å². The first-order chi connectivity index (χ1) is 15.7. The van der Waals surface area contributed by atoms with E-state index < -0.39 is 0 Å². The number of nitrogens with zero attached hydrogens (tertiary/aromatic N) is 2. The number of rotatable bonds is 11. The van der Waals surface area contributed by atoms with Crippen LogP contribution < -0.4 is 4.74 Å². The zero-order chi connectivity index (χ0) is 22.3. The predicted molar refractivity (Wildman–Crippen MR) is 134 cm³/mol. The minimum Gasteiger partial charge on any atom is -0.493 e. The number of fused-ring (bicyclic) bond motifs is 3. The van der Waals surface area contributed by atoms with E-state index in [9.17, 15) is 4.79 Å². The van der Waals surface area contributed by atoms with Gasteiger partial charge in [-0.15, -0.1) is 11.6 Å². The van der Waals surface area contributed by atoms with Gasteiger partial charge in [0.2, 0.25) is 0 Å². The molecule has 1 fully saturated rings. The Hall–Kier alpha value is -2.07. The van der Waals surface area contributed by atoms with E-state index in [0.717, 1.165) is 72.5 Å². The molecular formula is C27H35ClN2O2. The second kappa shape index (κ2) is 11.2. The first-order valence-electron chi connectivity index (χ1n) is 12.3. The van der Waals surface area contributed by atoms with Gasteiger partial charge in [0, 0.05) is 18.6 Å². The van der Waals surface area contributed by atoms with Crippen LogP contribution in [0.3, 0.4) is 0 Å². The maximum Gasteiger partial charge on any atom is 0.256 e. The fourth-order valence-corrected chi connectivity index (χ4v) is 5.01. The van der Waals surface area contributed by atoms with Crippen molar-refractivity contribution >= 4 is 40.2 Å². The first-order valence-corrected chi connectivity index (χ1v) is 12.8. The molecule has 5 heteroatoms. The van der Waals surface area contributed by atoms with Crippen LogP contribution in [0.2, 0.25) is 0 Å². The van der Waals surface area contributed by atoms with E-state index in [4.69, 9.17) is 16.3 Å². The van der Waals surface area contributed by atoms with E-state index in [2.05, 4.69) is 24.0 Å². The zero-order valence-corrected chi connectivity index (χ0v) is 20.0. The summed E-state index contributed by atoms with van der Waals surface area (Å²) in [6.07, 6.45) is 13.9. The third kappa shape index (κ3) is 5.46. The summed E-state index contributed by atoms with van der Waals surface area (Å²) in [4.78, 5) is 19.7. The van der Waals surface area contributed by atoms with Gasteiger partial charge in [-0.25, -0.2) is 0 Å². The van der Waals surface area contributed by atoms with E-state index >= 15 is 0 Å². The minimum atomic E-state index is 0.110. The lowest BCUT2D eigenvalue weighted by Crippen LogP contribution is -2.35. The zero-order valence-electron chi connectivity index (χ0n) is 19.2. The summed E-state index contributed by atoms with van der Waals surface area (Å²) in [7, 11) is 0. The van der Waals surface area contributed by atoms with E-state index in [-0.39, 0.29) is 11.9 Å². The molecule has 0 unspecified atom stereocenters. The summed E-state index contributed by atoms with van der Waals surface area (Å²) < 4.78 is 6.13. The summed E-state index contributed by atoms with van der Waals surface area (Å²) in [5.74, 6) is 1.83. The molecule has 2 aromatic carbocycles. The molecular weight excluding hydrogens is 420 g/mol. The summed E-state index contributed by atoms with van der Waals surface area (Å²) in [6, 6.07) is 8.43. The number of carbonyl (C=O) groups excluding carboxylic acids is 1. The largest absolute Gasteiger partial charge is 0.493 e. The van der Waals surface area contributed by atoms with Gasteiger partial charge in [-0.2, -0.15) is 0 Å². The average molecular weight is 455 g/mol. The molecule has 2 aromatic rings. The van der Waals surface area contributed by atoms with E-state index in [1.807, 2.05) is 23.2 Å². The third-order valence-corrected chi connectivity index (χ3v) is 6.98. The Morgan fingerprint density at radius 1 is 1.00 bits per heavy atom. The molecule has 0 aliphatic carbocycles. The maximum atomic E-state index is 13.0. The molecule has 1 atom stereocenters. The number of amides is 1. The number of hydrogen-bond donors (Lipinski definition) is 0. The van der Waals surface area contributed by atoms with Crippen molar-refractivity contribution in [2.75, 3.05) is 19.0 Å². The van der Waals surface area contributed by atoms with Crippen molar-refractivity contribution in [2.45, 2.75) is 77.2 Å². The smallest absolute Gasteiger partial charge is 0.256 e. The highest BCUT2D eigenvalue weighted by Gasteiger charge is 2.31. The molecule has 4 nitrogen and oxygen atoms in total. The summed E-state index contributed by atoms with van der Waals surface area (Å²) >= 11 is 5.72. The van der Waals surface area contributed by atoms with Crippen molar-refractivity contribution in [2.24, 2.45) is 4.99 Å². The third-order valence-electron chi connectivity index (χ3n) is 6.71. The van der Waals surface area contributed by atoms with Crippen LogP contribution in [0.25, 0.3) is 10.8 Å². The number of halogens is 1. The highest BCUT2D eigenvalue weighted by Crippen LogP contribution is 2.34. The van der Waals surface area contributed by atoms with Crippen LogP contribution in [0.15, 0.2) is 29.3 Å². The lowest BCUT2D eigenvalue weighted by molar-refractivity contribution is 0.0775. The van der Waals surface area contributed by atoms with Gasteiger partial charge in [0.05, 0.1) is 23.9 Å². The van der Waals surface area contributed by atoms with Crippen molar-refractivity contribution in [1.82, 2.24) is 4.90 Å². The highest BCUT2D eigenvalue weighted by molar-refractivity contribution is 6.17. The van der Waals surface area contributed by atoms with Gasteiger partial charge >= 0.3 is 0 Å². The Balaban J connectivity index is 1.34. The van der Waals surface area contributed by atoms with Gasteiger partial charge < -0.3 is 9.64 Å². The first kappa shape index (κ1) is 23.1. The second-order valence-electron chi connectivity index (χ2n) is 9.19. The predicted octanol–water partition coefficient (Wildman–Crippen LogP) is 7.21. The van der Waals surface area contributed by atoms with Crippen LogP contribution in [0, 0.1) is 6.92 Å². The molecule has 0 saturated carbocycles. The van der Waals surface area contributed by atoms with Gasteiger partial charge in [-0.1, -0.05) is 38.5 Å². The van der Waals surface area contributed by atoms with Crippen molar-refractivity contribution in [3.63, 3.8) is 0 Å². The lowest BCUT2D eigenvalue weighted by Gasteiger charge is -2.20. The number of benzene rings is 2. The van der Waals surface area contributed by atoms with Gasteiger partial charge in [0.25, 0.3) is 5.91 Å². The molecule has 2 aliphatic heterocycles. The molecule has 2 heterocycles. The fourth-order valence-electron chi connectivity index (χ4n) is 4.82. The molecule has 0 radical (unpaired) electrons. The molecule has 4 rings (SSSR count). The summed E-state index contributed by atoms with van der Waals surface area (Å²) in [5.41, 5.74) is 2.60. The van der Waals surface area contributed by atoms with Crippen LogP contribution in [0.5, 0.6) is 5.75 Å². The van der Waals surface area contributed by atoms with Gasteiger partial charge in [0.1, 0.15) is 5.75 Å². The fraction of sp³-hybridized carbons (Fsp3) is 0.556. The van der Waals surface area contributed by atoms with Crippen LogP contribution in [0.4, 0.5) is 5.69 Å². The number of unbranched alkanes of at least 4 members (excludes halogenated alkanes) is 7. The highest BCUT2D eigenvalue weighted by atomic mass is 35.5. The number of aliphatic imine (C=N–C) groups is 1. The Morgan fingerprint density at radius 3 is 2.50 bits per heavy atom. The summed E-state index contributed by atoms with van der Waals surface area (Å²) in [6.45, 7) is 3.65. The topological polar surface area (TPSA) is 41.9 Å². The molecule has 0 spiro atoms. The Labute approximate surface area is 197 Å². The normalized spacial score (nSPS) is 17.5. The van der Waals surface area contributed by atoms with Crippen LogP contribution in [-0.2, 0) is 0 Å². The van der Waals surface area contributed by atoms with Gasteiger partial charge in [0.15, 0.2) is 0 Å². The molecule has 32 heavy (non-hydrogen) atoms.